The Hall–Kier alpha value is -3.07. The highest BCUT2D eigenvalue weighted by Crippen LogP contribution is 2.30. The number of para-hydroxylation sites is 2. The summed E-state index contributed by atoms with van der Waals surface area (Å²) in [6.45, 7) is 0. The molecule has 0 aliphatic carbocycles. The highest BCUT2D eigenvalue weighted by atomic mass is 32.2. The number of nitro groups is 1. The second-order valence-electron chi connectivity index (χ2n) is 5.19. The van der Waals surface area contributed by atoms with Gasteiger partial charge in [0.2, 0.25) is 0 Å². The van der Waals surface area contributed by atoms with E-state index < -0.39 is 4.92 Å². The van der Waals surface area contributed by atoms with Gasteiger partial charge in [0.15, 0.2) is 5.17 Å². The first-order chi connectivity index (χ1) is 12.6. The fourth-order valence-electron chi connectivity index (χ4n) is 2.37. The smallest absolute Gasteiger partial charge is 0.294 e. The van der Waals surface area contributed by atoms with Crippen LogP contribution in [0, 0.1) is 10.1 Å². The number of nitrogens with zero attached hydrogens (tertiary/aromatic N) is 3. The van der Waals surface area contributed by atoms with E-state index in [1.165, 1.54) is 17.8 Å². The predicted octanol–water partition coefficient (Wildman–Crippen LogP) is 3.34. The van der Waals surface area contributed by atoms with E-state index in [0.29, 0.717) is 22.4 Å². The number of amidine groups is 1. The van der Waals surface area contributed by atoms with Gasteiger partial charge in [-0.3, -0.25) is 15.5 Å². The molecular formula is C17H16N4O4S. The SMILES string of the molecule is COc1ccc(OC)c(C2=NNC(=Nc3ccccc3[N+](=O)[O-])SC2)c1. The van der Waals surface area contributed by atoms with E-state index in [1.54, 1.807) is 32.4 Å². The lowest BCUT2D eigenvalue weighted by molar-refractivity contribution is -0.384. The number of thioether (sulfide) groups is 1. The van der Waals surface area contributed by atoms with Crippen LogP contribution in [0.15, 0.2) is 52.6 Å². The number of aliphatic imine (C=N–C) groups is 1. The maximum Gasteiger partial charge on any atom is 0.294 e. The molecule has 1 aliphatic rings. The van der Waals surface area contributed by atoms with E-state index in [2.05, 4.69) is 15.5 Å². The molecule has 0 amide bonds. The van der Waals surface area contributed by atoms with Gasteiger partial charge in [0.05, 0.1) is 24.9 Å². The Morgan fingerprint density at radius 2 is 2.04 bits per heavy atom. The average molecular weight is 372 g/mol. The van der Waals surface area contributed by atoms with Crippen molar-refractivity contribution in [1.29, 1.82) is 0 Å². The average Bonchev–Trinajstić information content (AvgIpc) is 2.68. The summed E-state index contributed by atoms with van der Waals surface area (Å²) in [7, 11) is 3.19. The van der Waals surface area contributed by atoms with Crippen LogP contribution in [0.5, 0.6) is 11.5 Å². The molecule has 0 bridgehead atoms. The molecule has 134 valence electrons. The van der Waals surface area contributed by atoms with Crippen molar-refractivity contribution in [3.8, 4) is 11.5 Å². The Balaban J connectivity index is 1.86. The largest absolute Gasteiger partial charge is 0.497 e. The molecule has 0 unspecified atom stereocenters. The number of benzene rings is 2. The second-order valence-corrected chi connectivity index (χ2v) is 6.15. The summed E-state index contributed by atoms with van der Waals surface area (Å²) >= 11 is 1.40. The number of hydrogen-bond acceptors (Lipinski definition) is 7. The first-order valence-corrected chi connectivity index (χ1v) is 8.61. The maximum atomic E-state index is 11.1. The van der Waals surface area contributed by atoms with Crippen LogP contribution >= 0.6 is 11.8 Å². The minimum absolute atomic E-state index is 0.0494. The number of nitro benzene ring substituents is 1. The zero-order chi connectivity index (χ0) is 18.5. The lowest BCUT2D eigenvalue weighted by atomic mass is 10.1. The topological polar surface area (TPSA) is 98.3 Å². The van der Waals surface area contributed by atoms with Gasteiger partial charge in [-0.1, -0.05) is 23.9 Å². The summed E-state index contributed by atoms with van der Waals surface area (Å²) in [5.41, 5.74) is 4.67. The van der Waals surface area contributed by atoms with Crippen LogP contribution in [0.25, 0.3) is 0 Å². The van der Waals surface area contributed by atoms with Crippen LogP contribution in [0.2, 0.25) is 0 Å². The summed E-state index contributed by atoms with van der Waals surface area (Å²) in [6, 6.07) is 11.8. The standard InChI is InChI=1S/C17H16N4O4S/c1-24-11-7-8-16(25-2)12(9-11)14-10-26-17(20-19-14)18-13-5-3-4-6-15(13)21(22)23/h3-9H,10H2,1-2H3,(H,18,20). The molecule has 1 heterocycles. The molecule has 8 nitrogen and oxygen atoms in total. The lowest BCUT2D eigenvalue weighted by Gasteiger charge is -2.17. The van der Waals surface area contributed by atoms with Gasteiger partial charge < -0.3 is 9.47 Å². The highest BCUT2D eigenvalue weighted by Gasteiger charge is 2.19. The normalized spacial score (nSPS) is 15.2. The van der Waals surface area contributed by atoms with E-state index in [4.69, 9.17) is 9.47 Å². The lowest BCUT2D eigenvalue weighted by Crippen LogP contribution is -2.25. The Morgan fingerprint density at radius 1 is 1.23 bits per heavy atom. The van der Waals surface area contributed by atoms with E-state index in [0.717, 1.165) is 11.3 Å². The highest BCUT2D eigenvalue weighted by molar-refractivity contribution is 8.14. The van der Waals surface area contributed by atoms with Crippen LogP contribution in [-0.4, -0.2) is 35.8 Å². The Morgan fingerprint density at radius 3 is 2.69 bits per heavy atom. The summed E-state index contributed by atoms with van der Waals surface area (Å²) in [5.74, 6) is 1.93. The van der Waals surface area contributed by atoms with Crippen LogP contribution in [0.3, 0.4) is 0 Å². The Labute approximate surface area is 154 Å². The van der Waals surface area contributed by atoms with Gasteiger partial charge in [-0.15, -0.1) is 0 Å². The predicted molar refractivity (Wildman–Crippen MR) is 102 cm³/mol. The number of methoxy groups -OCH3 is 2. The zero-order valence-corrected chi connectivity index (χ0v) is 14.9. The molecule has 0 radical (unpaired) electrons. The molecule has 2 aromatic rings. The molecule has 26 heavy (non-hydrogen) atoms. The van der Waals surface area contributed by atoms with Gasteiger partial charge in [-0.2, -0.15) is 5.10 Å². The number of ether oxygens (including phenoxy) is 2. The number of hydrogen-bond donors (Lipinski definition) is 1. The first kappa shape index (κ1) is 17.7. The molecule has 0 atom stereocenters. The molecule has 9 heteroatoms. The Kier molecular flexibility index (Phi) is 5.37. The molecule has 0 spiro atoms. The van der Waals surface area contributed by atoms with Gasteiger partial charge in [0.1, 0.15) is 17.2 Å². The van der Waals surface area contributed by atoms with Crippen molar-refractivity contribution < 1.29 is 14.4 Å². The molecule has 3 rings (SSSR count). The summed E-state index contributed by atoms with van der Waals surface area (Å²) < 4.78 is 10.6. The number of rotatable bonds is 5. The fraction of sp³-hybridized carbons (Fsp3) is 0.176. The quantitative estimate of drug-likeness (QED) is 0.638. The van der Waals surface area contributed by atoms with E-state index in [1.807, 2.05) is 18.2 Å². The van der Waals surface area contributed by atoms with E-state index >= 15 is 0 Å². The summed E-state index contributed by atoms with van der Waals surface area (Å²) in [6.07, 6.45) is 0. The number of hydrazone groups is 1. The van der Waals surface area contributed by atoms with E-state index in [9.17, 15) is 10.1 Å². The van der Waals surface area contributed by atoms with Gasteiger partial charge in [-0.05, 0) is 24.3 Å². The third-order valence-electron chi connectivity index (χ3n) is 3.65. The van der Waals surface area contributed by atoms with Gasteiger partial charge in [-0.25, -0.2) is 4.99 Å². The van der Waals surface area contributed by atoms with Crippen LogP contribution in [-0.2, 0) is 0 Å². The van der Waals surface area contributed by atoms with Crippen molar-refractivity contribution in [1.82, 2.24) is 5.43 Å². The molecule has 0 saturated carbocycles. The van der Waals surface area contributed by atoms with Crippen molar-refractivity contribution in [2.75, 3.05) is 20.0 Å². The molecule has 1 N–H and O–H groups in total. The fourth-order valence-corrected chi connectivity index (χ4v) is 3.14. The van der Waals surface area contributed by atoms with Crippen molar-refractivity contribution in [2.24, 2.45) is 10.1 Å². The molecule has 0 aromatic heterocycles. The summed E-state index contributed by atoms with van der Waals surface area (Å²) in [5, 5.41) is 15.9. The Bertz CT molecular complexity index is 898. The minimum Gasteiger partial charge on any atom is -0.497 e. The molecule has 0 fully saturated rings. The molecule has 2 aromatic carbocycles. The van der Waals surface area contributed by atoms with Crippen molar-refractivity contribution in [3.63, 3.8) is 0 Å². The van der Waals surface area contributed by atoms with Gasteiger partial charge in [0, 0.05) is 17.4 Å². The number of nitrogens with one attached hydrogen (secondary N) is 1. The summed E-state index contributed by atoms with van der Waals surface area (Å²) in [4.78, 5) is 14.9. The third-order valence-corrected chi connectivity index (χ3v) is 4.52. The van der Waals surface area contributed by atoms with Gasteiger partial charge >= 0.3 is 0 Å². The van der Waals surface area contributed by atoms with Crippen LogP contribution < -0.4 is 14.9 Å². The van der Waals surface area contributed by atoms with E-state index in [-0.39, 0.29) is 11.4 Å². The maximum absolute atomic E-state index is 11.1. The van der Waals surface area contributed by atoms with Gasteiger partial charge in [0.25, 0.3) is 5.69 Å². The van der Waals surface area contributed by atoms with Crippen LogP contribution in [0.1, 0.15) is 5.56 Å². The third kappa shape index (κ3) is 3.77. The minimum atomic E-state index is -0.456. The second kappa shape index (κ2) is 7.87. The van der Waals surface area contributed by atoms with Crippen molar-refractivity contribution >= 4 is 34.0 Å². The van der Waals surface area contributed by atoms with Crippen molar-refractivity contribution in [2.45, 2.75) is 0 Å². The monoisotopic (exact) mass is 372 g/mol. The molecular weight excluding hydrogens is 356 g/mol. The van der Waals surface area contributed by atoms with Crippen molar-refractivity contribution in [3.05, 3.63) is 58.1 Å². The zero-order valence-electron chi connectivity index (χ0n) is 14.1. The first-order valence-electron chi connectivity index (χ1n) is 7.62. The van der Waals surface area contributed by atoms with Crippen LogP contribution in [0.4, 0.5) is 11.4 Å². The molecule has 0 saturated heterocycles. The molecule has 1 aliphatic heterocycles.